The molecule has 74 valence electrons. The molecular formula is C9H11FN4. The first-order chi connectivity index (χ1) is 6.65. The zero-order chi connectivity index (χ0) is 10.1. The van der Waals surface area contributed by atoms with E-state index in [0.29, 0.717) is 11.6 Å². The number of pyridine rings is 1. The summed E-state index contributed by atoms with van der Waals surface area (Å²) in [6.45, 7) is 3.98. The first-order valence-electron chi connectivity index (χ1n) is 4.43. The summed E-state index contributed by atoms with van der Waals surface area (Å²) in [5.74, 6) is 0.198. The van der Waals surface area contributed by atoms with Crippen LogP contribution in [0, 0.1) is 5.82 Å². The van der Waals surface area contributed by atoms with Crippen LogP contribution in [0.5, 0.6) is 0 Å². The average molecular weight is 194 g/mol. The highest BCUT2D eigenvalue weighted by atomic mass is 19.1. The Labute approximate surface area is 80.8 Å². The topological polar surface area (TPSA) is 42.2 Å². The second-order valence-electron chi connectivity index (χ2n) is 3.38. The SMILES string of the molecule is CC(C)Nc1nc2ccc(F)cn2n1. The molecule has 0 fully saturated rings. The molecule has 2 aromatic heterocycles. The Morgan fingerprint density at radius 1 is 1.43 bits per heavy atom. The van der Waals surface area contributed by atoms with Crippen molar-refractivity contribution in [2.24, 2.45) is 0 Å². The minimum Gasteiger partial charge on any atom is -0.351 e. The summed E-state index contributed by atoms with van der Waals surface area (Å²) in [6.07, 6.45) is 1.30. The highest BCUT2D eigenvalue weighted by Crippen LogP contribution is 2.07. The van der Waals surface area contributed by atoms with E-state index in [-0.39, 0.29) is 11.9 Å². The van der Waals surface area contributed by atoms with E-state index in [1.165, 1.54) is 16.8 Å². The van der Waals surface area contributed by atoms with Gasteiger partial charge < -0.3 is 5.32 Å². The van der Waals surface area contributed by atoms with Gasteiger partial charge in [-0.1, -0.05) is 0 Å². The zero-order valence-corrected chi connectivity index (χ0v) is 8.03. The molecule has 0 aromatic carbocycles. The van der Waals surface area contributed by atoms with Crippen molar-refractivity contribution in [2.45, 2.75) is 19.9 Å². The highest BCUT2D eigenvalue weighted by Gasteiger charge is 2.04. The van der Waals surface area contributed by atoms with Crippen LogP contribution in [0.25, 0.3) is 5.65 Å². The predicted molar refractivity (Wildman–Crippen MR) is 51.7 cm³/mol. The van der Waals surface area contributed by atoms with Gasteiger partial charge in [-0.2, -0.15) is 4.98 Å². The standard InChI is InChI=1S/C9H11FN4/c1-6(2)11-9-12-8-4-3-7(10)5-14(8)13-9/h3-6H,1-2H3,(H,11,13). The number of fused-ring (bicyclic) bond motifs is 1. The maximum atomic E-state index is 12.8. The van der Waals surface area contributed by atoms with Crippen molar-refractivity contribution < 1.29 is 4.39 Å². The molecule has 14 heavy (non-hydrogen) atoms. The van der Waals surface area contributed by atoms with Crippen molar-refractivity contribution in [1.82, 2.24) is 14.6 Å². The molecule has 1 N–H and O–H groups in total. The summed E-state index contributed by atoms with van der Waals surface area (Å²) in [4.78, 5) is 4.17. The van der Waals surface area contributed by atoms with Crippen LogP contribution in [0.1, 0.15) is 13.8 Å². The van der Waals surface area contributed by atoms with E-state index in [1.54, 1.807) is 6.07 Å². The van der Waals surface area contributed by atoms with Crippen molar-refractivity contribution in [1.29, 1.82) is 0 Å². The van der Waals surface area contributed by atoms with Crippen LogP contribution in [-0.4, -0.2) is 20.6 Å². The van der Waals surface area contributed by atoms with E-state index in [9.17, 15) is 4.39 Å². The molecule has 4 nitrogen and oxygen atoms in total. The first-order valence-corrected chi connectivity index (χ1v) is 4.43. The Balaban J connectivity index is 2.41. The van der Waals surface area contributed by atoms with E-state index in [1.807, 2.05) is 13.8 Å². The van der Waals surface area contributed by atoms with Crippen molar-refractivity contribution >= 4 is 11.6 Å². The second-order valence-corrected chi connectivity index (χ2v) is 3.38. The lowest BCUT2D eigenvalue weighted by molar-refractivity contribution is 0.614. The Bertz CT molecular complexity index is 449. The molecule has 0 bridgehead atoms. The monoisotopic (exact) mass is 194 g/mol. The fourth-order valence-electron chi connectivity index (χ4n) is 1.18. The van der Waals surface area contributed by atoms with Crippen molar-refractivity contribution in [3.05, 3.63) is 24.1 Å². The molecule has 5 heteroatoms. The van der Waals surface area contributed by atoms with E-state index in [4.69, 9.17) is 0 Å². The Kier molecular flexibility index (Phi) is 2.07. The van der Waals surface area contributed by atoms with E-state index in [0.717, 1.165) is 0 Å². The van der Waals surface area contributed by atoms with Gasteiger partial charge in [-0.25, -0.2) is 8.91 Å². The van der Waals surface area contributed by atoms with Gasteiger partial charge in [0.2, 0.25) is 5.95 Å². The van der Waals surface area contributed by atoms with Crippen LogP contribution in [-0.2, 0) is 0 Å². The molecule has 0 amide bonds. The fraction of sp³-hybridized carbons (Fsp3) is 0.333. The third-order valence-electron chi connectivity index (χ3n) is 1.71. The number of rotatable bonds is 2. The molecule has 0 aliphatic carbocycles. The molecule has 2 rings (SSSR count). The lowest BCUT2D eigenvalue weighted by Gasteiger charge is -2.02. The summed E-state index contributed by atoms with van der Waals surface area (Å²) in [5.41, 5.74) is 0.634. The number of halogens is 1. The fourth-order valence-corrected chi connectivity index (χ4v) is 1.18. The van der Waals surface area contributed by atoms with E-state index in [2.05, 4.69) is 15.4 Å². The minimum absolute atomic E-state index is 0.261. The normalized spacial score (nSPS) is 11.1. The number of hydrogen-bond donors (Lipinski definition) is 1. The summed E-state index contributed by atoms with van der Waals surface area (Å²) in [7, 11) is 0. The van der Waals surface area contributed by atoms with Gasteiger partial charge in [-0.3, -0.25) is 0 Å². The maximum Gasteiger partial charge on any atom is 0.243 e. The molecule has 0 aliphatic rings. The Morgan fingerprint density at radius 3 is 2.93 bits per heavy atom. The molecular weight excluding hydrogens is 183 g/mol. The molecule has 0 unspecified atom stereocenters. The van der Waals surface area contributed by atoms with Crippen LogP contribution >= 0.6 is 0 Å². The van der Waals surface area contributed by atoms with Crippen molar-refractivity contribution in [3.63, 3.8) is 0 Å². The van der Waals surface area contributed by atoms with Crippen LogP contribution in [0.15, 0.2) is 18.3 Å². The average Bonchev–Trinajstić information content (AvgIpc) is 2.44. The van der Waals surface area contributed by atoms with E-state index >= 15 is 0 Å². The van der Waals surface area contributed by atoms with Crippen LogP contribution in [0.4, 0.5) is 10.3 Å². The number of anilines is 1. The lowest BCUT2D eigenvalue weighted by atomic mass is 10.4. The molecule has 0 radical (unpaired) electrons. The lowest BCUT2D eigenvalue weighted by Crippen LogP contribution is -2.10. The molecule has 0 saturated carbocycles. The van der Waals surface area contributed by atoms with Gasteiger partial charge in [0.05, 0.1) is 6.20 Å². The van der Waals surface area contributed by atoms with Crippen LogP contribution in [0.2, 0.25) is 0 Å². The molecule has 0 saturated heterocycles. The Hall–Kier alpha value is -1.65. The number of nitrogens with one attached hydrogen (secondary N) is 1. The maximum absolute atomic E-state index is 12.8. The molecule has 0 spiro atoms. The third kappa shape index (κ3) is 1.66. The summed E-state index contributed by atoms with van der Waals surface area (Å²) in [6, 6.07) is 3.22. The van der Waals surface area contributed by atoms with Gasteiger partial charge in [-0.15, -0.1) is 5.10 Å². The van der Waals surface area contributed by atoms with Gasteiger partial charge >= 0.3 is 0 Å². The van der Waals surface area contributed by atoms with E-state index < -0.39 is 0 Å². The number of aromatic nitrogens is 3. The predicted octanol–water partition coefficient (Wildman–Crippen LogP) is 1.69. The molecule has 2 aromatic rings. The highest BCUT2D eigenvalue weighted by molar-refractivity contribution is 5.43. The molecule has 2 heterocycles. The van der Waals surface area contributed by atoms with Gasteiger partial charge in [0.1, 0.15) is 5.82 Å². The smallest absolute Gasteiger partial charge is 0.243 e. The van der Waals surface area contributed by atoms with Gasteiger partial charge in [0.25, 0.3) is 0 Å². The molecule has 0 aliphatic heterocycles. The first kappa shape index (κ1) is 8.93. The summed E-state index contributed by atoms with van der Waals surface area (Å²) in [5, 5.41) is 7.12. The van der Waals surface area contributed by atoms with Crippen molar-refractivity contribution in [2.75, 3.05) is 5.32 Å². The zero-order valence-electron chi connectivity index (χ0n) is 8.03. The molecule has 0 atom stereocenters. The van der Waals surface area contributed by atoms with Crippen molar-refractivity contribution in [3.8, 4) is 0 Å². The second kappa shape index (κ2) is 3.25. The number of nitrogens with zero attached hydrogens (tertiary/aromatic N) is 3. The largest absolute Gasteiger partial charge is 0.351 e. The van der Waals surface area contributed by atoms with Crippen LogP contribution in [0.3, 0.4) is 0 Å². The quantitative estimate of drug-likeness (QED) is 0.791. The summed E-state index contributed by atoms with van der Waals surface area (Å²) < 4.78 is 14.2. The van der Waals surface area contributed by atoms with Gasteiger partial charge in [0.15, 0.2) is 5.65 Å². The summed E-state index contributed by atoms with van der Waals surface area (Å²) >= 11 is 0. The number of hydrogen-bond acceptors (Lipinski definition) is 3. The Morgan fingerprint density at radius 2 is 2.21 bits per heavy atom. The minimum atomic E-state index is -0.321. The van der Waals surface area contributed by atoms with Gasteiger partial charge in [0, 0.05) is 6.04 Å². The van der Waals surface area contributed by atoms with Gasteiger partial charge in [-0.05, 0) is 26.0 Å². The third-order valence-corrected chi connectivity index (χ3v) is 1.71. The van der Waals surface area contributed by atoms with Crippen LogP contribution < -0.4 is 5.32 Å².